The highest BCUT2D eigenvalue weighted by atomic mass is 79.9. The van der Waals surface area contributed by atoms with Crippen molar-refractivity contribution in [3.8, 4) is 0 Å². The zero-order valence-corrected chi connectivity index (χ0v) is 15.8. The van der Waals surface area contributed by atoms with Crippen molar-refractivity contribution in [2.75, 3.05) is 24.5 Å². The molecule has 0 atom stereocenters. The highest BCUT2D eigenvalue weighted by molar-refractivity contribution is 9.10. The second kappa shape index (κ2) is 7.68. The molecular weight excluding hydrogens is 388 g/mol. The van der Waals surface area contributed by atoms with Gasteiger partial charge in [-0.3, -0.25) is 0 Å². The van der Waals surface area contributed by atoms with Gasteiger partial charge in [0.1, 0.15) is 0 Å². The summed E-state index contributed by atoms with van der Waals surface area (Å²) >= 11 is 3.29. The summed E-state index contributed by atoms with van der Waals surface area (Å²) in [7, 11) is -3.49. The van der Waals surface area contributed by atoms with Crippen LogP contribution in [-0.2, 0) is 16.4 Å². The van der Waals surface area contributed by atoms with Gasteiger partial charge in [0, 0.05) is 29.8 Å². The highest BCUT2D eigenvalue weighted by Crippen LogP contribution is 2.22. The van der Waals surface area contributed by atoms with Crippen LogP contribution in [0.2, 0.25) is 0 Å². The molecule has 1 fully saturated rings. The van der Waals surface area contributed by atoms with Crippen LogP contribution in [0.25, 0.3) is 0 Å². The molecular formula is C18H21BrN2O2S. The minimum absolute atomic E-state index is 0.273. The standard InChI is InChI=1S/C18H21BrN2O2S/c19-17-5-1-2-6-18(17)24(22,23)20-12-11-15-7-9-16(10-8-15)21-13-3-4-14-21/h1-2,5-10,20H,3-4,11-14H2. The van der Waals surface area contributed by atoms with Gasteiger partial charge in [-0.2, -0.15) is 0 Å². The molecule has 2 aromatic carbocycles. The lowest BCUT2D eigenvalue weighted by molar-refractivity contribution is 0.581. The normalized spacial score (nSPS) is 15.0. The summed E-state index contributed by atoms with van der Waals surface area (Å²) in [5.74, 6) is 0. The van der Waals surface area contributed by atoms with Crippen molar-refractivity contribution < 1.29 is 8.42 Å². The third-order valence-electron chi connectivity index (χ3n) is 4.24. The van der Waals surface area contributed by atoms with Crippen molar-refractivity contribution in [2.24, 2.45) is 0 Å². The van der Waals surface area contributed by atoms with Crippen LogP contribution in [0, 0.1) is 0 Å². The Labute approximate surface area is 152 Å². The first-order valence-corrected chi connectivity index (χ1v) is 10.4. The third-order valence-corrected chi connectivity index (χ3v) is 6.71. The number of anilines is 1. The summed E-state index contributed by atoms with van der Waals surface area (Å²) in [6.45, 7) is 2.64. The van der Waals surface area contributed by atoms with Crippen molar-refractivity contribution in [1.82, 2.24) is 4.72 Å². The maximum Gasteiger partial charge on any atom is 0.241 e. The molecule has 4 nitrogen and oxygen atoms in total. The number of rotatable bonds is 6. The van der Waals surface area contributed by atoms with Crippen molar-refractivity contribution in [1.29, 1.82) is 0 Å². The van der Waals surface area contributed by atoms with Crippen LogP contribution in [0.3, 0.4) is 0 Å². The quantitative estimate of drug-likeness (QED) is 0.794. The highest BCUT2D eigenvalue weighted by Gasteiger charge is 2.16. The van der Waals surface area contributed by atoms with Gasteiger partial charge >= 0.3 is 0 Å². The van der Waals surface area contributed by atoms with Gasteiger partial charge in [0.15, 0.2) is 0 Å². The van der Waals surface area contributed by atoms with E-state index in [1.807, 2.05) is 0 Å². The largest absolute Gasteiger partial charge is 0.372 e. The molecule has 0 unspecified atom stereocenters. The van der Waals surface area contributed by atoms with E-state index in [4.69, 9.17) is 0 Å². The lowest BCUT2D eigenvalue weighted by Gasteiger charge is -2.17. The van der Waals surface area contributed by atoms with E-state index in [0.29, 0.717) is 17.4 Å². The topological polar surface area (TPSA) is 49.4 Å². The Kier molecular flexibility index (Phi) is 5.58. The predicted octanol–water partition coefficient (Wildman–Crippen LogP) is 3.57. The first kappa shape index (κ1) is 17.5. The summed E-state index contributed by atoms with van der Waals surface area (Å²) in [6, 6.07) is 15.3. The van der Waals surface area contributed by atoms with Crippen LogP contribution in [0.5, 0.6) is 0 Å². The number of benzene rings is 2. The van der Waals surface area contributed by atoms with Crippen molar-refractivity contribution in [3.05, 3.63) is 58.6 Å². The molecule has 1 heterocycles. The van der Waals surface area contributed by atoms with Crippen LogP contribution < -0.4 is 9.62 Å². The molecule has 128 valence electrons. The summed E-state index contributed by atoms with van der Waals surface area (Å²) < 4.78 is 27.9. The SMILES string of the molecule is O=S(=O)(NCCc1ccc(N2CCCC2)cc1)c1ccccc1Br. The fourth-order valence-corrected chi connectivity index (χ4v) is 4.95. The summed E-state index contributed by atoms with van der Waals surface area (Å²) in [6.07, 6.45) is 3.20. The van der Waals surface area contributed by atoms with Crippen LogP contribution in [0.1, 0.15) is 18.4 Å². The zero-order valence-electron chi connectivity index (χ0n) is 13.4. The smallest absolute Gasteiger partial charge is 0.241 e. The molecule has 2 aromatic rings. The minimum atomic E-state index is -3.49. The summed E-state index contributed by atoms with van der Waals surface area (Å²) in [4.78, 5) is 2.66. The molecule has 3 rings (SSSR count). The monoisotopic (exact) mass is 408 g/mol. The van der Waals surface area contributed by atoms with E-state index in [2.05, 4.69) is 49.8 Å². The van der Waals surface area contributed by atoms with Crippen molar-refractivity contribution in [2.45, 2.75) is 24.2 Å². The number of nitrogens with one attached hydrogen (secondary N) is 1. The summed E-state index contributed by atoms with van der Waals surface area (Å²) in [5.41, 5.74) is 2.39. The average Bonchev–Trinajstić information content (AvgIpc) is 3.10. The molecule has 0 aliphatic carbocycles. The van der Waals surface area contributed by atoms with Gasteiger partial charge in [-0.25, -0.2) is 13.1 Å². The molecule has 1 aliphatic heterocycles. The van der Waals surface area contributed by atoms with E-state index in [9.17, 15) is 8.42 Å². The van der Waals surface area contributed by atoms with E-state index < -0.39 is 10.0 Å². The maximum atomic E-state index is 12.3. The van der Waals surface area contributed by atoms with Gasteiger partial charge in [-0.05, 0) is 65.0 Å². The van der Waals surface area contributed by atoms with Crippen LogP contribution in [-0.4, -0.2) is 28.1 Å². The maximum absolute atomic E-state index is 12.3. The van der Waals surface area contributed by atoms with Crippen LogP contribution >= 0.6 is 15.9 Å². The van der Waals surface area contributed by atoms with E-state index in [-0.39, 0.29) is 4.90 Å². The fraction of sp³-hybridized carbons (Fsp3) is 0.333. The molecule has 24 heavy (non-hydrogen) atoms. The molecule has 6 heteroatoms. The van der Waals surface area contributed by atoms with E-state index in [1.54, 1.807) is 24.3 Å². The third kappa shape index (κ3) is 4.18. The predicted molar refractivity (Wildman–Crippen MR) is 101 cm³/mol. The van der Waals surface area contributed by atoms with Gasteiger partial charge in [-0.1, -0.05) is 24.3 Å². The number of sulfonamides is 1. The van der Waals surface area contributed by atoms with Gasteiger partial charge < -0.3 is 4.90 Å². The van der Waals surface area contributed by atoms with Crippen molar-refractivity contribution in [3.63, 3.8) is 0 Å². The van der Waals surface area contributed by atoms with Crippen LogP contribution in [0.4, 0.5) is 5.69 Å². The van der Waals surface area contributed by atoms with Gasteiger partial charge in [-0.15, -0.1) is 0 Å². The minimum Gasteiger partial charge on any atom is -0.372 e. The lowest BCUT2D eigenvalue weighted by Crippen LogP contribution is -2.26. The number of halogens is 1. The first-order chi connectivity index (χ1) is 11.6. The second-order valence-corrected chi connectivity index (χ2v) is 8.53. The Morgan fingerprint density at radius 1 is 1.00 bits per heavy atom. The van der Waals surface area contributed by atoms with Crippen LogP contribution in [0.15, 0.2) is 57.9 Å². The molecule has 0 spiro atoms. The second-order valence-electron chi connectivity index (χ2n) is 5.94. The molecule has 0 bridgehead atoms. The number of hydrogen-bond acceptors (Lipinski definition) is 3. The van der Waals surface area contributed by atoms with Gasteiger partial charge in [0.05, 0.1) is 4.90 Å². The molecule has 0 saturated carbocycles. The zero-order chi connectivity index (χ0) is 17.0. The van der Waals surface area contributed by atoms with Gasteiger partial charge in [0.25, 0.3) is 0 Å². The Hall–Kier alpha value is -1.37. The first-order valence-electron chi connectivity index (χ1n) is 8.14. The summed E-state index contributed by atoms with van der Waals surface area (Å²) in [5, 5.41) is 0. The lowest BCUT2D eigenvalue weighted by atomic mass is 10.1. The molecule has 1 saturated heterocycles. The van der Waals surface area contributed by atoms with E-state index in [1.165, 1.54) is 18.5 Å². The molecule has 0 aromatic heterocycles. The Morgan fingerprint density at radius 2 is 1.67 bits per heavy atom. The van der Waals surface area contributed by atoms with E-state index in [0.717, 1.165) is 18.7 Å². The Balaban J connectivity index is 1.57. The van der Waals surface area contributed by atoms with Gasteiger partial charge in [0.2, 0.25) is 10.0 Å². The average molecular weight is 409 g/mol. The number of hydrogen-bond donors (Lipinski definition) is 1. The molecule has 1 N–H and O–H groups in total. The van der Waals surface area contributed by atoms with E-state index >= 15 is 0 Å². The number of nitrogens with zero attached hydrogens (tertiary/aromatic N) is 1. The molecule has 1 aliphatic rings. The molecule has 0 amide bonds. The van der Waals surface area contributed by atoms with Crippen molar-refractivity contribution >= 4 is 31.6 Å². The fourth-order valence-electron chi connectivity index (χ4n) is 2.92. The Bertz CT molecular complexity index is 785. The Morgan fingerprint density at radius 3 is 2.33 bits per heavy atom. The molecule has 0 radical (unpaired) electrons.